The van der Waals surface area contributed by atoms with E-state index in [-0.39, 0.29) is 41.6 Å². The van der Waals surface area contributed by atoms with Crippen LogP contribution in [0, 0.1) is 23.6 Å². The van der Waals surface area contributed by atoms with E-state index in [2.05, 4.69) is 86.0 Å². The number of likely N-dealkylation sites (N-methyl/N-ethyl adjacent to an activating group) is 1. The summed E-state index contributed by atoms with van der Waals surface area (Å²) in [6, 6.07) is 8.28. The number of hydrogen-bond acceptors (Lipinski definition) is 6. The van der Waals surface area contributed by atoms with Gasteiger partial charge in [-0.15, -0.1) is 0 Å². The number of fused-ring (bicyclic) bond motifs is 3. The minimum atomic E-state index is -0.525. The molecule has 2 bridgehead atoms. The molecule has 0 radical (unpaired) electrons. The highest BCUT2D eigenvalue weighted by atomic mass is 19.1. The zero-order valence-corrected chi connectivity index (χ0v) is 21.3. The van der Waals surface area contributed by atoms with Crippen molar-refractivity contribution in [2.45, 2.75) is 44.3 Å². The van der Waals surface area contributed by atoms with Gasteiger partial charge in [-0.05, 0) is 75.2 Å². The van der Waals surface area contributed by atoms with Crippen LogP contribution in [-0.2, 0) is 11.3 Å². The maximum Gasteiger partial charge on any atom is 0.229 e. The van der Waals surface area contributed by atoms with Gasteiger partial charge in [0.15, 0.2) is 11.6 Å². The Morgan fingerprint density at radius 3 is 2.81 bits per heavy atom. The number of hydrogen-bond donors (Lipinski definition) is 3. The van der Waals surface area contributed by atoms with Gasteiger partial charge in [0.2, 0.25) is 11.9 Å². The fraction of sp³-hybridized carbons (Fsp3) is 0.464. The quantitative estimate of drug-likeness (QED) is 0.381. The summed E-state index contributed by atoms with van der Waals surface area (Å²) in [6.45, 7) is 1.82. The lowest BCUT2D eigenvalue weighted by Gasteiger charge is -2.32. The van der Waals surface area contributed by atoms with Gasteiger partial charge in [-0.2, -0.15) is 4.98 Å². The van der Waals surface area contributed by atoms with Crippen molar-refractivity contribution in [1.82, 2.24) is 24.8 Å². The molecule has 6 rings (SSSR count). The number of amides is 1. The summed E-state index contributed by atoms with van der Waals surface area (Å²) in [5.74, 6) is 0.120. The molecule has 3 aliphatic rings. The molecule has 3 aliphatic carbocycles. The molecule has 2 fully saturated rings. The average Bonchev–Trinajstić information content (AvgIpc) is 3.57. The maximum atomic E-state index is 14.8. The number of aromatic nitrogens is 3. The summed E-state index contributed by atoms with van der Waals surface area (Å²) in [7, 11) is 4.12. The Kier molecular flexibility index (Phi) is 6.32. The lowest BCUT2D eigenvalue weighted by molar-refractivity contribution is -0.127. The van der Waals surface area contributed by atoms with Crippen LogP contribution in [0.4, 0.5) is 21.8 Å². The molecule has 1 amide bonds. The van der Waals surface area contributed by atoms with Gasteiger partial charge in [-0.3, -0.25) is 4.79 Å². The third-order valence-corrected chi connectivity index (χ3v) is 8.08. The minimum Gasteiger partial charge on any atom is -0.363 e. The second-order valence-corrected chi connectivity index (χ2v) is 10.9. The summed E-state index contributed by atoms with van der Waals surface area (Å²) in [4.78, 5) is 23.9. The molecule has 2 aromatic heterocycles. The molecule has 4 unspecified atom stereocenters. The van der Waals surface area contributed by atoms with Crippen LogP contribution in [0.1, 0.15) is 25.7 Å². The number of allylic oxidation sites excluding steroid dienone is 1. The molecule has 0 aliphatic heterocycles. The summed E-state index contributed by atoms with van der Waals surface area (Å²) in [5, 5.41) is 10.9. The Morgan fingerprint density at radius 2 is 2.03 bits per heavy atom. The lowest BCUT2D eigenvalue weighted by atomic mass is 9.86. The second-order valence-electron chi connectivity index (χ2n) is 10.9. The van der Waals surface area contributed by atoms with Gasteiger partial charge in [0, 0.05) is 37.1 Å². The van der Waals surface area contributed by atoms with Gasteiger partial charge < -0.3 is 25.4 Å². The monoisotopic (exact) mass is 503 g/mol. The Bertz CT molecular complexity index is 1330. The summed E-state index contributed by atoms with van der Waals surface area (Å²) in [5.41, 5.74) is 1.94. The van der Waals surface area contributed by atoms with E-state index in [9.17, 15) is 9.18 Å². The van der Waals surface area contributed by atoms with E-state index in [0.717, 1.165) is 48.9 Å². The molecule has 3 N–H and O–H groups in total. The maximum absolute atomic E-state index is 14.8. The van der Waals surface area contributed by atoms with E-state index in [0.29, 0.717) is 5.95 Å². The predicted molar refractivity (Wildman–Crippen MR) is 143 cm³/mol. The zero-order valence-electron chi connectivity index (χ0n) is 21.3. The molecule has 37 heavy (non-hydrogen) atoms. The van der Waals surface area contributed by atoms with Crippen LogP contribution in [0.25, 0.3) is 10.9 Å². The molecule has 2 saturated carbocycles. The van der Waals surface area contributed by atoms with Crippen molar-refractivity contribution >= 4 is 34.3 Å². The number of benzene rings is 1. The first-order valence-electron chi connectivity index (χ1n) is 13.2. The fourth-order valence-electron chi connectivity index (χ4n) is 5.81. The first-order chi connectivity index (χ1) is 17.9. The van der Waals surface area contributed by atoms with Crippen LogP contribution in [0.3, 0.4) is 0 Å². The SMILES string of the molecule is CN(C)CCn1ccc2ccc(Nc3ncc(F)c(NC4C5C=CC(C5)C4C(=O)NC4CCC4)n3)cc21. The van der Waals surface area contributed by atoms with Crippen molar-refractivity contribution in [3.63, 3.8) is 0 Å². The first-order valence-corrected chi connectivity index (χ1v) is 13.2. The van der Waals surface area contributed by atoms with Crippen molar-refractivity contribution in [2.75, 3.05) is 31.3 Å². The second kappa shape index (κ2) is 9.78. The molecular formula is C28H34FN7O. The van der Waals surface area contributed by atoms with E-state index in [1.54, 1.807) is 0 Å². The molecule has 194 valence electrons. The number of carbonyl (C=O) groups excluding carboxylic acids is 1. The largest absolute Gasteiger partial charge is 0.363 e. The highest BCUT2D eigenvalue weighted by molar-refractivity contribution is 5.84. The van der Waals surface area contributed by atoms with Crippen LogP contribution in [-0.4, -0.2) is 58.1 Å². The van der Waals surface area contributed by atoms with Crippen LogP contribution >= 0.6 is 0 Å². The predicted octanol–water partition coefficient (Wildman–Crippen LogP) is 4.15. The third kappa shape index (κ3) is 4.80. The van der Waals surface area contributed by atoms with Gasteiger partial charge in [0.1, 0.15) is 0 Å². The topological polar surface area (TPSA) is 87.1 Å². The Hall–Kier alpha value is -3.46. The fourth-order valence-corrected chi connectivity index (χ4v) is 5.81. The highest BCUT2D eigenvalue weighted by Gasteiger charge is 2.49. The molecule has 8 nitrogen and oxygen atoms in total. The zero-order chi connectivity index (χ0) is 25.5. The van der Waals surface area contributed by atoms with E-state index < -0.39 is 5.82 Å². The normalized spacial score (nSPS) is 24.5. The summed E-state index contributed by atoms with van der Waals surface area (Å²) >= 11 is 0. The van der Waals surface area contributed by atoms with Crippen LogP contribution in [0.5, 0.6) is 0 Å². The van der Waals surface area contributed by atoms with Crippen molar-refractivity contribution < 1.29 is 9.18 Å². The highest BCUT2D eigenvalue weighted by Crippen LogP contribution is 2.45. The molecule has 0 saturated heterocycles. The molecular weight excluding hydrogens is 469 g/mol. The number of nitrogens with zero attached hydrogens (tertiary/aromatic N) is 4. The van der Waals surface area contributed by atoms with E-state index in [4.69, 9.17) is 0 Å². The Morgan fingerprint density at radius 1 is 1.19 bits per heavy atom. The average molecular weight is 504 g/mol. The summed E-state index contributed by atoms with van der Waals surface area (Å²) in [6.07, 6.45) is 11.7. The van der Waals surface area contributed by atoms with Crippen molar-refractivity contribution in [1.29, 1.82) is 0 Å². The molecule has 9 heteroatoms. The van der Waals surface area contributed by atoms with Crippen LogP contribution in [0.2, 0.25) is 0 Å². The van der Waals surface area contributed by atoms with Gasteiger partial charge >= 0.3 is 0 Å². The van der Waals surface area contributed by atoms with Gasteiger partial charge in [-0.1, -0.05) is 18.2 Å². The molecule has 1 aromatic carbocycles. The lowest BCUT2D eigenvalue weighted by Crippen LogP contribution is -2.48. The number of halogens is 1. The van der Waals surface area contributed by atoms with Gasteiger partial charge in [0.05, 0.1) is 17.6 Å². The standard InChI is InChI=1S/C28H34FN7O/c1-35(2)12-13-36-11-10-17-8-9-21(15-23(17)36)32-28-30-16-22(29)26(34-28)33-25-19-7-6-18(14-19)24(25)27(37)31-20-4-3-5-20/h6-11,15-16,18-20,24-25H,3-5,12-14H2,1-2H3,(H,31,37)(H2,30,32,33,34). The molecule has 4 atom stereocenters. The molecule has 3 aromatic rings. The molecule has 2 heterocycles. The van der Waals surface area contributed by atoms with Crippen molar-refractivity contribution in [3.8, 4) is 0 Å². The number of rotatable bonds is 9. The van der Waals surface area contributed by atoms with Crippen LogP contribution in [0.15, 0.2) is 48.8 Å². The van der Waals surface area contributed by atoms with Gasteiger partial charge in [0.25, 0.3) is 0 Å². The Labute approximate surface area is 216 Å². The van der Waals surface area contributed by atoms with E-state index >= 15 is 0 Å². The number of carbonyl (C=O) groups is 1. The number of nitrogens with one attached hydrogen (secondary N) is 3. The van der Waals surface area contributed by atoms with E-state index in [1.165, 1.54) is 12.6 Å². The minimum absolute atomic E-state index is 0.0671. The van der Waals surface area contributed by atoms with E-state index in [1.807, 2.05) is 6.07 Å². The Balaban J connectivity index is 1.19. The molecule has 0 spiro atoms. The van der Waals surface area contributed by atoms with Gasteiger partial charge in [-0.25, -0.2) is 9.37 Å². The van der Waals surface area contributed by atoms with Crippen LogP contribution < -0.4 is 16.0 Å². The first kappa shape index (κ1) is 23.9. The van der Waals surface area contributed by atoms with Crippen molar-refractivity contribution in [3.05, 3.63) is 54.6 Å². The summed E-state index contributed by atoms with van der Waals surface area (Å²) < 4.78 is 17.1. The van der Waals surface area contributed by atoms with Crippen molar-refractivity contribution in [2.24, 2.45) is 17.8 Å². The third-order valence-electron chi connectivity index (χ3n) is 8.08. The smallest absolute Gasteiger partial charge is 0.229 e. The number of anilines is 3.